The SMILES string of the molecule is CCOc1ccc(Nc2cc(C(=O)Nc3ccccc3CC)nc(C)n2)cc1. The van der Waals surface area contributed by atoms with Gasteiger partial charge in [-0.3, -0.25) is 4.79 Å². The molecule has 0 unspecified atom stereocenters. The van der Waals surface area contributed by atoms with Gasteiger partial charge in [0.15, 0.2) is 0 Å². The van der Waals surface area contributed by atoms with E-state index in [9.17, 15) is 4.79 Å². The molecule has 0 atom stereocenters. The molecule has 3 aromatic rings. The van der Waals surface area contributed by atoms with Crippen molar-refractivity contribution in [1.29, 1.82) is 0 Å². The van der Waals surface area contributed by atoms with Crippen LogP contribution in [0.25, 0.3) is 0 Å². The Morgan fingerprint density at radius 3 is 2.50 bits per heavy atom. The second-order valence-electron chi connectivity index (χ2n) is 6.23. The number of carbonyl (C=O) groups excluding carboxylic acids is 1. The molecule has 0 saturated carbocycles. The largest absolute Gasteiger partial charge is 0.494 e. The topological polar surface area (TPSA) is 76.1 Å². The zero-order valence-electron chi connectivity index (χ0n) is 16.3. The number of para-hydroxylation sites is 1. The summed E-state index contributed by atoms with van der Waals surface area (Å²) in [6, 6.07) is 17.0. The maximum absolute atomic E-state index is 12.7. The van der Waals surface area contributed by atoms with E-state index in [0.717, 1.165) is 29.1 Å². The predicted molar refractivity (Wildman–Crippen MR) is 111 cm³/mol. The lowest BCUT2D eigenvalue weighted by atomic mass is 10.1. The van der Waals surface area contributed by atoms with E-state index in [4.69, 9.17) is 4.74 Å². The van der Waals surface area contributed by atoms with Crippen LogP contribution in [0.2, 0.25) is 0 Å². The molecule has 144 valence electrons. The highest BCUT2D eigenvalue weighted by Gasteiger charge is 2.12. The zero-order chi connectivity index (χ0) is 19.9. The van der Waals surface area contributed by atoms with E-state index in [-0.39, 0.29) is 5.91 Å². The molecule has 3 rings (SSSR count). The monoisotopic (exact) mass is 376 g/mol. The fraction of sp³-hybridized carbons (Fsp3) is 0.227. The van der Waals surface area contributed by atoms with Gasteiger partial charge in [0.25, 0.3) is 5.91 Å². The summed E-state index contributed by atoms with van der Waals surface area (Å²) in [6.07, 6.45) is 0.837. The fourth-order valence-corrected chi connectivity index (χ4v) is 2.83. The lowest BCUT2D eigenvalue weighted by Crippen LogP contribution is -2.16. The standard InChI is InChI=1S/C22H24N4O2/c1-4-16-8-6-7-9-19(16)26-22(27)20-14-21(24-15(3)23-20)25-17-10-12-18(13-11-17)28-5-2/h6-14H,4-5H2,1-3H3,(H,26,27)(H,23,24,25). The number of rotatable bonds is 7. The lowest BCUT2D eigenvalue weighted by Gasteiger charge is -2.11. The van der Waals surface area contributed by atoms with Gasteiger partial charge in [0.2, 0.25) is 0 Å². The number of nitrogens with zero attached hydrogens (tertiary/aromatic N) is 2. The highest BCUT2D eigenvalue weighted by Crippen LogP contribution is 2.21. The van der Waals surface area contributed by atoms with Crippen LogP contribution in [-0.4, -0.2) is 22.5 Å². The molecule has 1 heterocycles. The Bertz CT molecular complexity index is 955. The van der Waals surface area contributed by atoms with Gasteiger partial charge in [-0.15, -0.1) is 0 Å². The van der Waals surface area contributed by atoms with Crippen molar-refractivity contribution in [3.63, 3.8) is 0 Å². The van der Waals surface area contributed by atoms with E-state index in [2.05, 4.69) is 27.5 Å². The summed E-state index contributed by atoms with van der Waals surface area (Å²) in [5.41, 5.74) is 3.04. The smallest absolute Gasteiger partial charge is 0.274 e. The molecule has 0 spiro atoms. The van der Waals surface area contributed by atoms with Crippen molar-refractivity contribution in [2.24, 2.45) is 0 Å². The van der Waals surface area contributed by atoms with Crippen molar-refractivity contribution in [1.82, 2.24) is 9.97 Å². The second-order valence-corrected chi connectivity index (χ2v) is 6.23. The van der Waals surface area contributed by atoms with Crippen LogP contribution in [0, 0.1) is 6.92 Å². The second kappa shape index (κ2) is 8.99. The average molecular weight is 376 g/mol. The Balaban J connectivity index is 1.78. The van der Waals surface area contributed by atoms with Crippen LogP contribution in [0.5, 0.6) is 5.75 Å². The molecule has 0 aliphatic rings. The molecule has 2 N–H and O–H groups in total. The van der Waals surface area contributed by atoms with Gasteiger partial charge < -0.3 is 15.4 Å². The first-order valence-electron chi connectivity index (χ1n) is 9.34. The van der Waals surface area contributed by atoms with Gasteiger partial charge in [-0.1, -0.05) is 25.1 Å². The Hall–Kier alpha value is -3.41. The number of aromatic nitrogens is 2. The van der Waals surface area contributed by atoms with Crippen molar-refractivity contribution >= 4 is 23.1 Å². The third-order valence-electron chi connectivity index (χ3n) is 4.15. The Morgan fingerprint density at radius 2 is 1.79 bits per heavy atom. The van der Waals surface area contributed by atoms with Crippen molar-refractivity contribution in [3.8, 4) is 5.75 Å². The third-order valence-corrected chi connectivity index (χ3v) is 4.15. The summed E-state index contributed by atoms with van der Waals surface area (Å²) in [7, 11) is 0. The third kappa shape index (κ3) is 4.85. The predicted octanol–water partition coefficient (Wildman–Crippen LogP) is 4.74. The van der Waals surface area contributed by atoms with Crippen molar-refractivity contribution in [2.75, 3.05) is 17.2 Å². The maximum atomic E-state index is 12.7. The molecule has 0 saturated heterocycles. The van der Waals surface area contributed by atoms with Crippen molar-refractivity contribution in [2.45, 2.75) is 27.2 Å². The van der Waals surface area contributed by atoms with Gasteiger partial charge in [-0.25, -0.2) is 9.97 Å². The number of benzene rings is 2. The molecule has 0 aliphatic carbocycles. The number of hydrogen-bond acceptors (Lipinski definition) is 5. The summed E-state index contributed by atoms with van der Waals surface area (Å²) in [6.45, 7) is 6.39. The number of anilines is 3. The van der Waals surface area contributed by atoms with E-state index >= 15 is 0 Å². The van der Waals surface area contributed by atoms with Gasteiger partial charge in [0.1, 0.15) is 23.1 Å². The van der Waals surface area contributed by atoms with Crippen LogP contribution in [0.15, 0.2) is 54.6 Å². The summed E-state index contributed by atoms with van der Waals surface area (Å²) in [4.78, 5) is 21.4. The summed E-state index contributed by atoms with van der Waals surface area (Å²) in [5.74, 6) is 1.62. The Labute approximate surface area is 165 Å². The molecule has 1 aromatic heterocycles. The van der Waals surface area contributed by atoms with E-state index in [1.54, 1.807) is 13.0 Å². The highest BCUT2D eigenvalue weighted by atomic mass is 16.5. The summed E-state index contributed by atoms with van der Waals surface area (Å²) >= 11 is 0. The molecule has 28 heavy (non-hydrogen) atoms. The minimum absolute atomic E-state index is 0.263. The Kier molecular flexibility index (Phi) is 6.22. The number of amides is 1. The molecular weight excluding hydrogens is 352 g/mol. The fourth-order valence-electron chi connectivity index (χ4n) is 2.83. The van der Waals surface area contributed by atoms with Crippen LogP contribution >= 0.6 is 0 Å². The van der Waals surface area contributed by atoms with E-state index in [1.807, 2.05) is 55.5 Å². The van der Waals surface area contributed by atoms with Crippen LogP contribution < -0.4 is 15.4 Å². The van der Waals surface area contributed by atoms with E-state index < -0.39 is 0 Å². The first kappa shape index (κ1) is 19.4. The van der Waals surface area contributed by atoms with Crippen LogP contribution in [0.1, 0.15) is 35.7 Å². The van der Waals surface area contributed by atoms with Crippen LogP contribution in [0.3, 0.4) is 0 Å². The highest BCUT2D eigenvalue weighted by molar-refractivity contribution is 6.03. The Morgan fingerprint density at radius 1 is 1.04 bits per heavy atom. The molecule has 6 heteroatoms. The average Bonchev–Trinajstić information content (AvgIpc) is 2.69. The van der Waals surface area contributed by atoms with Crippen molar-refractivity contribution in [3.05, 3.63) is 71.7 Å². The maximum Gasteiger partial charge on any atom is 0.274 e. The number of carbonyl (C=O) groups is 1. The van der Waals surface area contributed by atoms with Gasteiger partial charge >= 0.3 is 0 Å². The van der Waals surface area contributed by atoms with Gasteiger partial charge in [-0.05, 0) is 56.2 Å². The van der Waals surface area contributed by atoms with Crippen LogP contribution in [-0.2, 0) is 6.42 Å². The van der Waals surface area contributed by atoms with Crippen LogP contribution in [0.4, 0.5) is 17.2 Å². The zero-order valence-corrected chi connectivity index (χ0v) is 16.3. The molecule has 2 aromatic carbocycles. The van der Waals surface area contributed by atoms with E-state index in [0.29, 0.717) is 23.9 Å². The number of aryl methyl sites for hydroxylation is 2. The summed E-state index contributed by atoms with van der Waals surface area (Å²) in [5, 5.41) is 6.15. The molecule has 6 nitrogen and oxygen atoms in total. The van der Waals surface area contributed by atoms with Gasteiger partial charge in [0.05, 0.1) is 6.61 Å². The normalized spacial score (nSPS) is 10.4. The molecule has 0 radical (unpaired) electrons. The number of ether oxygens (including phenoxy) is 1. The lowest BCUT2D eigenvalue weighted by molar-refractivity contribution is 0.102. The first-order valence-corrected chi connectivity index (χ1v) is 9.34. The van der Waals surface area contributed by atoms with Crippen molar-refractivity contribution < 1.29 is 9.53 Å². The van der Waals surface area contributed by atoms with E-state index in [1.165, 1.54) is 0 Å². The number of hydrogen-bond donors (Lipinski definition) is 2. The summed E-state index contributed by atoms with van der Waals surface area (Å²) < 4.78 is 5.45. The van der Waals surface area contributed by atoms with Gasteiger partial charge in [0, 0.05) is 17.4 Å². The molecule has 0 aliphatic heterocycles. The van der Waals surface area contributed by atoms with Gasteiger partial charge in [-0.2, -0.15) is 0 Å². The molecule has 1 amide bonds. The molecule has 0 fully saturated rings. The molecular formula is C22H24N4O2. The number of nitrogens with one attached hydrogen (secondary N) is 2. The quantitative estimate of drug-likeness (QED) is 0.623. The first-order chi connectivity index (χ1) is 13.6. The molecule has 0 bridgehead atoms. The minimum Gasteiger partial charge on any atom is -0.494 e. The minimum atomic E-state index is -0.263.